The normalized spacial score (nSPS) is 16.6. The fraction of sp³-hybridized carbons (Fsp3) is 0.333. The molecule has 0 bridgehead atoms. The van der Waals surface area contributed by atoms with Gasteiger partial charge in [-0.1, -0.05) is 32.9 Å². The summed E-state index contributed by atoms with van der Waals surface area (Å²) < 4.78 is 1.63. The summed E-state index contributed by atoms with van der Waals surface area (Å²) in [5.41, 5.74) is 3.02. The van der Waals surface area contributed by atoms with Gasteiger partial charge < -0.3 is 20.2 Å². The second-order valence-corrected chi connectivity index (χ2v) is 9.67. The van der Waals surface area contributed by atoms with Gasteiger partial charge >= 0.3 is 6.09 Å². The number of anilines is 2. The lowest BCUT2D eigenvalue weighted by Gasteiger charge is -2.45. The van der Waals surface area contributed by atoms with E-state index in [0.29, 0.717) is 36.7 Å². The first-order chi connectivity index (χ1) is 16.7. The standard InChI is InChI=1S/C24H26N8O3/c1-24(2,3)19-14-30(12-13-31(19)23(34)35)22(33)15-8-10-16(11-9-15)25-20-21-27-28-29-32(21)18-7-5-4-6-17(18)26-20/h4-11,19H,12-14H2,1-3H3,(H,25,26)(H,34,35). The van der Waals surface area contributed by atoms with Crippen molar-refractivity contribution >= 4 is 40.2 Å². The van der Waals surface area contributed by atoms with E-state index >= 15 is 0 Å². The Hall–Kier alpha value is -4.28. The number of carbonyl (C=O) groups is 2. The van der Waals surface area contributed by atoms with E-state index in [1.165, 1.54) is 4.90 Å². The molecule has 2 aromatic carbocycles. The van der Waals surface area contributed by atoms with Crippen LogP contribution >= 0.6 is 0 Å². The molecule has 2 N–H and O–H groups in total. The van der Waals surface area contributed by atoms with Crippen molar-refractivity contribution < 1.29 is 14.7 Å². The van der Waals surface area contributed by atoms with Gasteiger partial charge in [-0.15, -0.1) is 5.10 Å². The van der Waals surface area contributed by atoms with Crippen molar-refractivity contribution in [2.24, 2.45) is 5.41 Å². The van der Waals surface area contributed by atoms with Crippen molar-refractivity contribution in [1.29, 1.82) is 0 Å². The molecule has 1 aliphatic heterocycles. The number of rotatable bonds is 3. The molecule has 1 atom stereocenters. The summed E-state index contributed by atoms with van der Waals surface area (Å²) in [6.07, 6.45) is -0.952. The molecule has 1 aliphatic rings. The summed E-state index contributed by atoms with van der Waals surface area (Å²) in [5, 5.41) is 24.7. The molecular formula is C24H26N8O3. The van der Waals surface area contributed by atoms with E-state index < -0.39 is 6.09 Å². The molecule has 0 spiro atoms. The first-order valence-corrected chi connectivity index (χ1v) is 11.3. The highest BCUT2D eigenvalue weighted by Crippen LogP contribution is 2.29. The lowest BCUT2D eigenvalue weighted by atomic mass is 9.84. The minimum Gasteiger partial charge on any atom is -0.465 e. The number of nitrogens with one attached hydrogen (secondary N) is 1. The number of carboxylic acid groups (broad SMARTS) is 1. The van der Waals surface area contributed by atoms with Gasteiger partial charge in [-0.3, -0.25) is 4.79 Å². The number of hydrogen-bond donors (Lipinski definition) is 2. The van der Waals surface area contributed by atoms with E-state index in [2.05, 4.69) is 25.8 Å². The van der Waals surface area contributed by atoms with Crippen LogP contribution in [0.5, 0.6) is 0 Å². The molecule has 0 saturated carbocycles. The molecule has 0 radical (unpaired) electrons. The van der Waals surface area contributed by atoms with E-state index in [4.69, 9.17) is 0 Å². The van der Waals surface area contributed by atoms with E-state index in [-0.39, 0.29) is 17.4 Å². The number of carbonyl (C=O) groups excluding carboxylic acids is 1. The van der Waals surface area contributed by atoms with Crippen molar-refractivity contribution in [3.8, 4) is 0 Å². The molecule has 11 nitrogen and oxygen atoms in total. The number of aromatic nitrogens is 5. The van der Waals surface area contributed by atoms with Gasteiger partial charge in [-0.2, -0.15) is 4.52 Å². The Bertz CT molecular complexity index is 1410. The third-order valence-corrected chi connectivity index (χ3v) is 6.33. The maximum atomic E-state index is 13.2. The van der Waals surface area contributed by atoms with E-state index in [9.17, 15) is 14.7 Å². The van der Waals surface area contributed by atoms with Gasteiger partial charge in [0.15, 0.2) is 5.82 Å². The summed E-state index contributed by atoms with van der Waals surface area (Å²) in [6.45, 7) is 6.98. The SMILES string of the molecule is CC(C)(C)C1CN(C(=O)c2ccc(Nc3nc4ccccc4n4nnnc34)cc2)CCN1C(=O)O. The van der Waals surface area contributed by atoms with Crippen LogP contribution in [0, 0.1) is 5.41 Å². The van der Waals surface area contributed by atoms with Crippen LogP contribution < -0.4 is 5.32 Å². The first-order valence-electron chi connectivity index (χ1n) is 11.3. The van der Waals surface area contributed by atoms with Crippen molar-refractivity contribution in [2.45, 2.75) is 26.8 Å². The molecule has 2 amide bonds. The third-order valence-electron chi connectivity index (χ3n) is 6.33. The summed E-state index contributed by atoms with van der Waals surface area (Å²) in [6, 6.07) is 14.4. The van der Waals surface area contributed by atoms with E-state index in [1.54, 1.807) is 33.7 Å². The second kappa shape index (κ2) is 8.49. The molecule has 1 unspecified atom stereocenters. The summed E-state index contributed by atoms with van der Waals surface area (Å²) in [7, 11) is 0. The topological polar surface area (TPSA) is 129 Å². The zero-order chi connectivity index (χ0) is 24.7. The Morgan fingerprint density at radius 2 is 1.80 bits per heavy atom. The quantitative estimate of drug-likeness (QED) is 0.463. The van der Waals surface area contributed by atoms with Gasteiger partial charge in [-0.05, 0) is 52.2 Å². The zero-order valence-corrected chi connectivity index (χ0v) is 19.7. The fourth-order valence-electron chi connectivity index (χ4n) is 4.44. The lowest BCUT2D eigenvalue weighted by molar-refractivity contribution is 0.0198. The number of benzene rings is 2. The number of hydrogen-bond acceptors (Lipinski definition) is 7. The largest absolute Gasteiger partial charge is 0.465 e. The third kappa shape index (κ3) is 4.20. The van der Waals surface area contributed by atoms with Gasteiger partial charge in [0.2, 0.25) is 5.65 Å². The number of para-hydroxylation sites is 2. The van der Waals surface area contributed by atoms with Crippen LogP contribution in [0.1, 0.15) is 31.1 Å². The predicted molar refractivity (Wildman–Crippen MR) is 130 cm³/mol. The van der Waals surface area contributed by atoms with Crippen LogP contribution in [-0.4, -0.2) is 77.6 Å². The molecule has 2 aromatic heterocycles. The fourth-order valence-corrected chi connectivity index (χ4v) is 4.44. The van der Waals surface area contributed by atoms with Gasteiger partial charge in [-0.25, -0.2) is 9.78 Å². The summed E-state index contributed by atoms with van der Waals surface area (Å²) >= 11 is 0. The summed E-state index contributed by atoms with van der Waals surface area (Å²) in [5.74, 6) is 0.384. The molecule has 180 valence electrons. The van der Waals surface area contributed by atoms with Gasteiger partial charge in [0.1, 0.15) is 0 Å². The Morgan fingerprint density at radius 1 is 1.06 bits per heavy atom. The average Bonchev–Trinajstić information content (AvgIpc) is 3.34. The Labute approximate surface area is 201 Å². The minimum atomic E-state index is -0.952. The van der Waals surface area contributed by atoms with Gasteiger partial charge in [0.05, 0.1) is 17.1 Å². The van der Waals surface area contributed by atoms with Crippen LogP contribution in [0.2, 0.25) is 0 Å². The van der Waals surface area contributed by atoms with E-state index in [1.807, 2.05) is 45.0 Å². The highest BCUT2D eigenvalue weighted by molar-refractivity contribution is 5.95. The maximum absolute atomic E-state index is 13.2. The molecule has 1 saturated heterocycles. The van der Waals surface area contributed by atoms with Crippen molar-refractivity contribution in [3.05, 3.63) is 54.1 Å². The smallest absolute Gasteiger partial charge is 0.407 e. The van der Waals surface area contributed by atoms with Crippen molar-refractivity contribution in [1.82, 2.24) is 34.8 Å². The van der Waals surface area contributed by atoms with Crippen molar-refractivity contribution in [3.63, 3.8) is 0 Å². The Kier molecular flexibility index (Phi) is 5.46. The van der Waals surface area contributed by atoms with Crippen molar-refractivity contribution in [2.75, 3.05) is 25.0 Å². The lowest BCUT2D eigenvalue weighted by Crippen LogP contribution is -2.60. The van der Waals surface area contributed by atoms with Crippen LogP contribution in [0.15, 0.2) is 48.5 Å². The molecule has 11 heteroatoms. The van der Waals surface area contributed by atoms with E-state index in [0.717, 1.165) is 16.7 Å². The maximum Gasteiger partial charge on any atom is 0.407 e. The first kappa shape index (κ1) is 22.5. The molecule has 1 fully saturated rings. The zero-order valence-electron chi connectivity index (χ0n) is 19.7. The molecule has 5 rings (SSSR count). The molecule has 3 heterocycles. The average molecular weight is 475 g/mol. The highest BCUT2D eigenvalue weighted by Gasteiger charge is 2.39. The van der Waals surface area contributed by atoms with Crippen LogP contribution in [-0.2, 0) is 0 Å². The minimum absolute atomic E-state index is 0.122. The van der Waals surface area contributed by atoms with Gasteiger partial charge in [0.25, 0.3) is 5.91 Å². The van der Waals surface area contributed by atoms with Crippen LogP contribution in [0.3, 0.4) is 0 Å². The number of nitrogens with zero attached hydrogens (tertiary/aromatic N) is 7. The number of piperazine rings is 1. The van der Waals surface area contributed by atoms with Gasteiger partial charge in [0, 0.05) is 30.9 Å². The second-order valence-electron chi connectivity index (χ2n) is 9.67. The molecule has 0 aliphatic carbocycles. The summed E-state index contributed by atoms with van der Waals surface area (Å²) in [4.78, 5) is 32.7. The highest BCUT2D eigenvalue weighted by atomic mass is 16.4. The number of tetrazole rings is 1. The number of fused-ring (bicyclic) bond motifs is 3. The Balaban J connectivity index is 1.35. The monoisotopic (exact) mass is 474 g/mol. The number of amides is 2. The molecule has 35 heavy (non-hydrogen) atoms. The molecule has 4 aromatic rings. The predicted octanol–water partition coefficient (Wildman–Crippen LogP) is 3.27. The Morgan fingerprint density at radius 3 is 2.51 bits per heavy atom. The molecular weight excluding hydrogens is 448 g/mol. The van der Waals surface area contributed by atoms with Crippen LogP contribution in [0.25, 0.3) is 16.7 Å². The van der Waals surface area contributed by atoms with Crippen LogP contribution in [0.4, 0.5) is 16.3 Å².